The van der Waals surface area contributed by atoms with Gasteiger partial charge in [0.25, 0.3) is 0 Å². The van der Waals surface area contributed by atoms with E-state index in [9.17, 15) is 0 Å². The van der Waals surface area contributed by atoms with Crippen molar-refractivity contribution >= 4 is 11.8 Å². The van der Waals surface area contributed by atoms with E-state index >= 15 is 0 Å². The number of nitrogens with zero attached hydrogens (tertiary/aromatic N) is 2. The van der Waals surface area contributed by atoms with Gasteiger partial charge in [-0.3, -0.25) is 0 Å². The fraction of sp³-hybridized carbons (Fsp3) is 0.786. The highest BCUT2D eigenvalue weighted by atomic mass is 32.2. The van der Waals surface area contributed by atoms with Gasteiger partial charge < -0.3 is 15.0 Å². The van der Waals surface area contributed by atoms with Crippen molar-refractivity contribution in [2.45, 2.75) is 43.0 Å². The van der Waals surface area contributed by atoms with Crippen LogP contribution in [-0.4, -0.2) is 33.8 Å². The number of ether oxygens (including phenoxy) is 1. The third kappa shape index (κ3) is 2.56. The van der Waals surface area contributed by atoms with Gasteiger partial charge in [0.2, 0.25) is 0 Å². The average Bonchev–Trinajstić information content (AvgIpc) is 3.04. The van der Waals surface area contributed by atoms with Gasteiger partial charge in [-0.2, -0.15) is 11.8 Å². The molecule has 2 atom stereocenters. The topological polar surface area (TPSA) is 53.1 Å². The first-order valence-corrected chi connectivity index (χ1v) is 8.35. The van der Waals surface area contributed by atoms with Crippen LogP contribution >= 0.6 is 11.8 Å². The van der Waals surface area contributed by atoms with Crippen molar-refractivity contribution in [3.05, 3.63) is 18.2 Å². The predicted octanol–water partition coefficient (Wildman–Crippen LogP) is 2.21. The average molecular weight is 281 g/mol. The van der Waals surface area contributed by atoms with Crippen molar-refractivity contribution in [3.63, 3.8) is 0 Å². The molecule has 5 heteroatoms. The van der Waals surface area contributed by atoms with E-state index in [1.807, 2.05) is 24.3 Å². The van der Waals surface area contributed by atoms with Gasteiger partial charge >= 0.3 is 0 Å². The third-order valence-corrected chi connectivity index (χ3v) is 6.12. The van der Waals surface area contributed by atoms with E-state index in [1.54, 1.807) is 0 Å². The fourth-order valence-corrected chi connectivity index (χ4v) is 4.09. The number of rotatable bonds is 5. The van der Waals surface area contributed by atoms with Gasteiger partial charge in [-0.15, -0.1) is 0 Å². The minimum atomic E-state index is 0.0592. The zero-order valence-corrected chi connectivity index (χ0v) is 12.4. The van der Waals surface area contributed by atoms with Crippen LogP contribution < -0.4 is 5.73 Å². The van der Waals surface area contributed by atoms with Crippen molar-refractivity contribution in [1.29, 1.82) is 0 Å². The van der Waals surface area contributed by atoms with E-state index in [2.05, 4.69) is 15.8 Å². The van der Waals surface area contributed by atoms with Crippen LogP contribution in [0, 0.1) is 5.92 Å². The first-order valence-electron chi connectivity index (χ1n) is 7.13. The van der Waals surface area contributed by atoms with Crippen LogP contribution in [-0.2, 0) is 11.3 Å². The quantitative estimate of drug-likeness (QED) is 0.899. The Bertz CT molecular complexity index is 419. The minimum absolute atomic E-state index is 0.0592. The molecule has 0 amide bonds. The van der Waals surface area contributed by atoms with E-state index in [0.29, 0.717) is 10.7 Å². The Morgan fingerprint density at radius 3 is 3.05 bits per heavy atom. The van der Waals surface area contributed by atoms with Crippen LogP contribution in [0.3, 0.4) is 0 Å². The summed E-state index contributed by atoms with van der Waals surface area (Å²) in [5.41, 5.74) is 7.59. The summed E-state index contributed by atoms with van der Waals surface area (Å²) in [6.07, 6.45) is 11.2. The molecule has 0 aromatic carbocycles. The van der Waals surface area contributed by atoms with E-state index in [1.165, 1.54) is 25.0 Å². The zero-order chi connectivity index (χ0) is 13.3. The second-order valence-corrected chi connectivity index (χ2v) is 7.11. The number of hydrogen-bond donors (Lipinski definition) is 1. The maximum Gasteiger partial charge on any atom is 0.0949 e. The molecule has 1 saturated carbocycles. The predicted molar refractivity (Wildman–Crippen MR) is 78.2 cm³/mol. The third-order valence-electron chi connectivity index (χ3n) is 4.72. The molecular formula is C14H23N3OS. The standard InChI is InChI=1S/C14H23N3OS/c1-19-14(4-2-5-14)9-17-10-16-7-12(17)13(15)11-3-6-18-8-11/h7,10-11,13H,2-6,8-9,15H2,1H3. The maximum atomic E-state index is 6.42. The normalized spacial score (nSPS) is 27.2. The molecule has 2 aliphatic rings. The first kappa shape index (κ1) is 13.5. The summed E-state index contributed by atoms with van der Waals surface area (Å²) in [5.74, 6) is 0.446. The van der Waals surface area contributed by atoms with Gasteiger partial charge in [-0.25, -0.2) is 4.98 Å². The van der Waals surface area contributed by atoms with Crippen LogP contribution in [0.2, 0.25) is 0 Å². The van der Waals surface area contributed by atoms with Gasteiger partial charge in [0, 0.05) is 30.0 Å². The highest BCUT2D eigenvalue weighted by molar-refractivity contribution is 8.00. The summed E-state index contributed by atoms with van der Waals surface area (Å²) in [5, 5.41) is 0. The van der Waals surface area contributed by atoms with Crippen molar-refractivity contribution in [2.24, 2.45) is 11.7 Å². The molecule has 4 nitrogen and oxygen atoms in total. The molecule has 2 unspecified atom stereocenters. The summed E-state index contributed by atoms with van der Waals surface area (Å²) in [4.78, 5) is 4.32. The Labute approximate surface area is 119 Å². The molecule has 1 aromatic heterocycles. The van der Waals surface area contributed by atoms with Gasteiger partial charge in [-0.1, -0.05) is 6.42 Å². The molecule has 0 bridgehead atoms. The molecule has 1 aromatic rings. The monoisotopic (exact) mass is 281 g/mol. The molecule has 0 spiro atoms. The number of hydrogen-bond acceptors (Lipinski definition) is 4. The highest BCUT2D eigenvalue weighted by Crippen LogP contribution is 2.44. The lowest BCUT2D eigenvalue weighted by atomic mass is 9.84. The van der Waals surface area contributed by atoms with Crippen molar-refractivity contribution in [1.82, 2.24) is 9.55 Å². The van der Waals surface area contributed by atoms with Gasteiger partial charge in [0.1, 0.15) is 0 Å². The van der Waals surface area contributed by atoms with Gasteiger partial charge in [0.15, 0.2) is 0 Å². The summed E-state index contributed by atoms with van der Waals surface area (Å²) in [6.45, 7) is 2.69. The lowest BCUT2D eigenvalue weighted by Crippen LogP contribution is -2.38. The number of aromatic nitrogens is 2. The van der Waals surface area contributed by atoms with E-state index in [-0.39, 0.29) is 6.04 Å². The van der Waals surface area contributed by atoms with Gasteiger partial charge in [0.05, 0.1) is 24.7 Å². The van der Waals surface area contributed by atoms with E-state index in [0.717, 1.165) is 26.2 Å². The molecule has 2 heterocycles. The van der Waals surface area contributed by atoms with Crippen LogP contribution in [0.5, 0.6) is 0 Å². The lowest BCUT2D eigenvalue weighted by molar-refractivity contribution is 0.180. The SMILES string of the molecule is CSC1(Cn2cncc2C(N)C2CCOC2)CCC1. The van der Waals surface area contributed by atoms with Crippen LogP contribution in [0.15, 0.2) is 12.5 Å². The molecular weight excluding hydrogens is 258 g/mol. The zero-order valence-electron chi connectivity index (χ0n) is 11.5. The van der Waals surface area contributed by atoms with E-state index < -0.39 is 0 Å². The van der Waals surface area contributed by atoms with Crippen LogP contribution in [0.1, 0.15) is 37.4 Å². The second kappa shape index (κ2) is 5.46. The molecule has 1 saturated heterocycles. The molecule has 0 radical (unpaired) electrons. The van der Waals surface area contributed by atoms with Crippen LogP contribution in [0.4, 0.5) is 0 Å². The van der Waals surface area contributed by atoms with Gasteiger partial charge in [-0.05, 0) is 25.5 Å². The second-order valence-electron chi connectivity index (χ2n) is 5.84. The van der Waals surface area contributed by atoms with Crippen molar-refractivity contribution in [2.75, 3.05) is 19.5 Å². The molecule has 1 aliphatic carbocycles. The molecule has 106 valence electrons. The maximum absolute atomic E-state index is 6.42. The van der Waals surface area contributed by atoms with Crippen molar-refractivity contribution < 1.29 is 4.74 Å². The van der Waals surface area contributed by atoms with Crippen LogP contribution in [0.25, 0.3) is 0 Å². The molecule has 19 heavy (non-hydrogen) atoms. The highest BCUT2D eigenvalue weighted by Gasteiger charge is 2.37. The summed E-state index contributed by atoms with van der Waals surface area (Å²) in [7, 11) is 0. The number of thioether (sulfide) groups is 1. The molecule has 3 rings (SSSR count). The fourth-order valence-electron chi connectivity index (χ4n) is 3.13. The Kier molecular flexibility index (Phi) is 3.87. The summed E-state index contributed by atoms with van der Waals surface area (Å²) < 4.78 is 8.15. The Morgan fingerprint density at radius 2 is 2.47 bits per heavy atom. The minimum Gasteiger partial charge on any atom is -0.381 e. The molecule has 2 N–H and O–H groups in total. The largest absolute Gasteiger partial charge is 0.381 e. The number of nitrogens with two attached hydrogens (primary N) is 1. The Balaban J connectivity index is 1.74. The summed E-state index contributed by atoms with van der Waals surface area (Å²) >= 11 is 2.00. The van der Waals surface area contributed by atoms with Crippen molar-refractivity contribution in [3.8, 4) is 0 Å². The Hall–Kier alpha value is -0.520. The Morgan fingerprint density at radius 1 is 1.63 bits per heavy atom. The first-order chi connectivity index (χ1) is 9.24. The molecule has 2 fully saturated rings. The summed E-state index contributed by atoms with van der Waals surface area (Å²) in [6, 6.07) is 0.0592. The number of imidazole rings is 1. The smallest absolute Gasteiger partial charge is 0.0949 e. The molecule has 1 aliphatic heterocycles. The van der Waals surface area contributed by atoms with E-state index in [4.69, 9.17) is 10.5 Å². The lowest BCUT2D eigenvalue weighted by Gasteiger charge is -2.41.